The van der Waals surface area contributed by atoms with E-state index in [0.29, 0.717) is 10.6 Å². The molecule has 0 aromatic carbocycles. The van der Waals surface area contributed by atoms with Crippen LogP contribution >= 0.6 is 11.3 Å². The van der Waals surface area contributed by atoms with Crippen molar-refractivity contribution in [1.29, 1.82) is 0 Å². The molecule has 0 saturated heterocycles. The molecule has 1 amide bonds. The van der Waals surface area contributed by atoms with Gasteiger partial charge < -0.3 is 10.4 Å². The van der Waals surface area contributed by atoms with Crippen molar-refractivity contribution in [2.24, 2.45) is 0 Å². The Morgan fingerprint density at radius 1 is 1.67 bits per heavy atom. The molecule has 3 N–H and O–H groups in total. The molecule has 18 heavy (non-hydrogen) atoms. The molecule has 2 aromatic heterocycles. The van der Waals surface area contributed by atoms with Gasteiger partial charge in [0.15, 0.2) is 0 Å². The van der Waals surface area contributed by atoms with Gasteiger partial charge in [0, 0.05) is 6.20 Å². The van der Waals surface area contributed by atoms with Gasteiger partial charge in [0.05, 0.1) is 21.6 Å². The van der Waals surface area contributed by atoms with E-state index in [-0.39, 0.29) is 12.5 Å². The van der Waals surface area contributed by atoms with Gasteiger partial charge >= 0.3 is 0 Å². The quantitative estimate of drug-likeness (QED) is 0.715. The fourth-order valence-electron chi connectivity index (χ4n) is 1.35. The number of nitrogens with zero attached hydrogens (tertiary/aromatic N) is 1. The number of aliphatic hydroxyl groups is 1. The van der Waals surface area contributed by atoms with Crippen molar-refractivity contribution in [3.63, 3.8) is 0 Å². The highest BCUT2D eigenvalue weighted by atomic mass is 32.1. The summed E-state index contributed by atoms with van der Waals surface area (Å²) in [5.74, 6) is 5.20. The summed E-state index contributed by atoms with van der Waals surface area (Å²) in [6, 6.07) is 1.78. The first-order chi connectivity index (χ1) is 8.70. The molecule has 2 rings (SSSR count). The maximum Gasteiger partial charge on any atom is 0.265 e. The third-order valence-electron chi connectivity index (χ3n) is 2.18. The molecule has 0 aliphatic carbocycles. The number of aliphatic hydroxyl groups excluding tert-OH is 1. The monoisotopic (exact) mass is 261 g/mol. The number of hydrogen-bond acceptors (Lipinski definition) is 4. The van der Waals surface area contributed by atoms with E-state index >= 15 is 0 Å². The van der Waals surface area contributed by atoms with Crippen molar-refractivity contribution < 1.29 is 9.90 Å². The van der Waals surface area contributed by atoms with E-state index < -0.39 is 0 Å². The van der Waals surface area contributed by atoms with Crippen LogP contribution in [-0.2, 0) is 0 Å². The van der Waals surface area contributed by atoms with Crippen LogP contribution in [0.2, 0.25) is 0 Å². The van der Waals surface area contributed by atoms with Crippen molar-refractivity contribution >= 4 is 22.9 Å². The minimum absolute atomic E-state index is 0.187. The molecule has 92 valence electrons. The van der Waals surface area contributed by atoms with Crippen LogP contribution < -0.4 is 5.32 Å². The fraction of sp³-hybridized carbons (Fsp3) is 0.167. The maximum absolute atomic E-state index is 11.9. The van der Waals surface area contributed by atoms with Crippen LogP contribution in [0, 0.1) is 18.8 Å². The summed E-state index contributed by atoms with van der Waals surface area (Å²) in [7, 11) is 0. The standard InChI is InChI=1S/C12H11N3O2S/c1-8-5-11(18-10(8)3-2-4-16)12(17)15-9-6-13-14-7-9/h5-7,16H,4H2,1H3,(H,13,14)(H,15,17). The molecule has 0 aliphatic rings. The van der Waals surface area contributed by atoms with Crippen LogP contribution in [-0.4, -0.2) is 27.8 Å². The molecule has 0 radical (unpaired) electrons. The molecular weight excluding hydrogens is 250 g/mol. The van der Waals surface area contributed by atoms with Gasteiger partial charge in [0.1, 0.15) is 6.61 Å². The topological polar surface area (TPSA) is 78.0 Å². The third kappa shape index (κ3) is 2.77. The lowest BCUT2D eigenvalue weighted by molar-refractivity contribution is 0.103. The number of aromatic amines is 1. The van der Waals surface area contributed by atoms with Crippen molar-refractivity contribution in [1.82, 2.24) is 10.2 Å². The van der Waals surface area contributed by atoms with E-state index in [2.05, 4.69) is 27.4 Å². The van der Waals surface area contributed by atoms with Crippen molar-refractivity contribution in [2.45, 2.75) is 6.92 Å². The van der Waals surface area contributed by atoms with Crippen LogP contribution in [0.5, 0.6) is 0 Å². The first kappa shape index (κ1) is 12.4. The zero-order valence-corrected chi connectivity index (χ0v) is 10.5. The highest BCUT2D eigenvalue weighted by Gasteiger charge is 2.12. The molecule has 2 heterocycles. The SMILES string of the molecule is Cc1cc(C(=O)Nc2cn[nH]c2)sc1C#CCO. The number of nitrogens with one attached hydrogen (secondary N) is 2. The predicted octanol–water partition coefficient (Wildman–Crippen LogP) is 1.38. The lowest BCUT2D eigenvalue weighted by atomic mass is 10.2. The summed E-state index contributed by atoms with van der Waals surface area (Å²) in [6.45, 7) is 1.69. The van der Waals surface area contributed by atoms with Gasteiger partial charge in [-0.25, -0.2) is 0 Å². The summed E-state index contributed by atoms with van der Waals surface area (Å²) in [4.78, 5) is 13.3. The largest absolute Gasteiger partial charge is 0.384 e. The van der Waals surface area contributed by atoms with E-state index in [1.807, 2.05) is 6.92 Å². The average Bonchev–Trinajstić information content (AvgIpc) is 2.96. The number of aromatic nitrogens is 2. The Morgan fingerprint density at radius 2 is 2.50 bits per heavy atom. The Hall–Kier alpha value is -2.10. The molecule has 0 fully saturated rings. The molecule has 0 unspecified atom stereocenters. The number of carbonyl (C=O) groups excluding carboxylic acids is 1. The smallest absolute Gasteiger partial charge is 0.265 e. The highest BCUT2D eigenvalue weighted by molar-refractivity contribution is 7.14. The lowest BCUT2D eigenvalue weighted by Crippen LogP contribution is -2.09. The third-order valence-corrected chi connectivity index (χ3v) is 3.33. The maximum atomic E-state index is 11.9. The summed E-state index contributed by atoms with van der Waals surface area (Å²) >= 11 is 1.30. The van der Waals surface area contributed by atoms with Crippen molar-refractivity contribution in [3.05, 3.63) is 33.8 Å². The number of amides is 1. The molecular formula is C12H11N3O2S. The number of H-pyrrole nitrogens is 1. The highest BCUT2D eigenvalue weighted by Crippen LogP contribution is 2.21. The Bertz CT molecular complexity index is 605. The molecule has 0 saturated carbocycles. The summed E-state index contributed by atoms with van der Waals surface area (Å²) in [6.07, 6.45) is 3.13. The van der Waals surface area contributed by atoms with E-state index in [1.54, 1.807) is 12.3 Å². The normalized spacial score (nSPS) is 9.67. The number of anilines is 1. The molecule has 2 aromatic rings. The van der Waals surface area contributed by atoms with E-state index in [1.165, 1.54) is 17.5 Å². The van der Waals surface area contributed by atoms with Gasteiger partial charge in [-0.3, -0.25) is 9.89 Å². The molecule has 0 bridgehead atoms. The first-order valence-corrected chi connectivity index (χ1v) is 6.02. The Labute approximate surface area is 108 Å². The summed E-state index contributed by atoms with van der Waals surface area (Å²) in [5, 5.41) is 17.7. The second kappa shape index (κ2) is 5.49. The van der Waals surface area contributed by atoms with Crippen LogP contribution in [0.3, 0.4) is 0 Å². The van der Waals surface area contributed by atoms with Gasteiger partial charge in [0.2, 0.25) is 0 Å². The minimum atomic E-state index is -0.193. The second-order valence-corrected chi connectivity index (χ2v) is 4.58. The van der Waals surface area contributed by atoms with Crippen molar-refractivity contribution in [3.8, 4) is 11.8 Å². The molecule has 0 atom stereocenters. The van der Waals surface area contributed by atoms with Crippen LogP contribution in [0.25, 0.3) is 0 Å². The molecule has 0 spiro atoms. The lowest BCUT2D eigenvalue weighted by Gasteiger charge is -1.97. The number of rotatable bonds is 2. The minimum Gasteiger partial charge on any atom is -0.384 e. The molecule has 0 aliphatic heterocycles. The number of aryl methyl sites for hydroxylation is 1. The summed E-state index contributed by atoms with van der Waals surface area (Å²) in [5.41, 5.74) is 1.55. The van der Waals surface area contributed by atoms with Crippen LogP contribution in [0.1, 0.15) is 20.1 Å². The van der Waals surface area contributed by atoms with E-state index in [0.717, 1.165) is 10.4 Å². The van der Waals surface area contributed by atoms with Crippen molar-refractivity contribution in [2.75, 3.05) is 11.9 Å². The Morgan fingerprint density at radius 3 is 3.17 bits per heavy atom. The summed E-state index contributed by atoms with van der Waals surface area (Å²) < 4.78 is 0. The van der Waals surface area contributed by atoms with Gasteiger partial charge in [-0.05, 0) is 18.6 Å². The van der Waals surface area contributed by atoms with Gasteiger partial charge in [-0.15, -0.1) is 11.3 Å². The van der Waals surface area contributed by atoms with Gasteiger partial charge in [-0.1, -0.05) is 11.8 Å². The molecule has 5 nitrogen and oxygen atoms in total. The van der Waals surface area contributed by atoms with E-state index in [4.69, 9.17) is 5.11 Å². The average molecular weight is 261 g/mol. The molecule has 6 heteroatoms. The second-order valence-electron chi connectivity index (χ2n) is 3.52. The van der Waals surface area contributed by atoms with Crippen LogP contribution in [0.4, 0.5) is 5.69 Å². The van der Waals surface area contributed by atoms with Gasteiger partial charge in [0.25, 0.3) is 5.91 Å². The zero-order chi connectivity index (χ0) is 13.0. The fourth-order valence-corrected chi connectivity index (χ4v) is 2.29. The number of hydrogen-bond donors (Lipinski definition) is 3. The zero-order valence-electron chi connectivity index (χ0n) is 9.65. The van der Waals surface area contributed by atoms with E-state index in [9.17, 15) is 4.79 Å². The Kier molecular flexibility index (Phi) is 3.77. The van der Waals surface area contributed by atoms with Crippen LogP contribution in [0.15, 0.2) is 18.5 Å². The first-order valence-electron chi connectivity index (χ1n) is 5.21. The number of thiophene rings is 1. The Balaban J connectivity index is 2.16. The predicted molar refractivity (Wildman–Crippen MR) is 69.6 cm³/mol. The number of carbonyl (C=O) groups is 1. The van der Waals surface area contributed by atoms with Gasteiger partial charge in [-0.2, -0.15) is 5.10 Å².